The summed E-state index contributed by atoms with van der Waals surface area (Å²) in [4.78, 5) is 0. The van der Waals surface area contributed by atoms with Gasteiger partial charge in [-0.2, -0.15) is 0 Å². The molecule has 0 amide bonds. The van der Waals surface area contributed by atoms with Crippen LogP contribution >= 0.6 is 0 Å². The smallest absolute Gasteiger partial charge is 0.0700 e. The summed E-state index contributed by atoms with van der Waals surface area (Å²) in [5, 5.41) is 3.68. The Morgan fingerprint density at radius 2 is 1.74 bits per heavy atom. The first-order chi connectivity index (χ1) is 8.87. The van der Waals surface area contributed by atoms with Crippen LogP contribution in [0.15, 0.2) is 0 Å². The van der Waals surface area contributed by atoms with Gasteiger partial charge in [0, 0.05) is 25.8 Å². The average molecular weight is 271 g/mol. The predicted octanol–water partition coefficient (Wildman–Crippen LogP) is 3.23. The normalized spacial score (nSPS) is 19.4. The lowest BCUT2D eigenvalue weighted by Crippen LogP contribution is -2.43. The van der Waals surface area contributed by atoms with E-state index in [9.17, 15) is 0 Å². The van der Waals surface area contributed by atoms with E-state index in [0.29, 0.717) is 12.0 Å². The highest BCUT2D eigenvalue weighted by Crippen LogP contribution is 2.48. The van der Waals surface area contributed by atoms with Gasteiger partial charge in [0.25, 0.3) is 0 Å². The SMILES string of the molecule is COCCOCCCC(C)(CNC(C)(C)C)C1CC1. The summed E-state index contributed by atoms with van der Waals surface area (Å²) in [5.74, 6) is 0.918. The van der Waals surface area contributed by atoms with E-state index in [0.717, 1.165) is 32.1 Å². The van der Waals surface area contributed by atoms with Crippen LogP contribution < -0.4 is 5.32 Å². The standard InChI is InChI=1S/C16H33NO2/c1-15(2,3)17-13-16(4,14-7-8-14)9-6-10-19-12-11-18-5/h14,17H,6-13H2,1-5H3. The molecule has 1 unspecified atom stereocenters. The number of rotatable bonds is 10. The summed E-state index contributed by atoms with van der Waals surface area (Å²) in [6, 6.07) is 0. The van der Waals surface area contributed by atoms with Crippen molar-refractivity contribution in [3.05, 3.63) is 0 Å². The fourth-order valence-corrected chi connectivity index (χ4v) is 2.51. The average Bonchev–Trinajstić information content (AvgIpc) is 3.14. The Labute approximate surface area is 119 Å². The van der Waals surface area contributed by atoms with Crippen molar-refractivity contribution in [1.82, 2.24) is 5.32 Å². The molecule has 0 aliphatic heterocycles. The van der Waals surface area contributed by atoms with Crippen molar-refractivity contribution in [3.63, 3.8) is 0 Å². The topological polar surface area (TPSA) is 30.5 Å². The highest BCUT2D eigenvalue weighted by Gasteiger charge is 2.41. The summed E-state index contributed by atoms with van der Waals surface area (Å²) in [6.07, 6.45) is 5.23. The highest BCUT2D eigenvalue weighted by atomic mass is 16.5. The van der Waals surface area contributed by atoms with Crippen LogP contribution in [0.4, 0.5) is 0 Å². The van der Waals surface area contributed by atoms with Gasteiger partial charge in [0.05, 0.1) is 13.2 Å². The first-order valence-corrected chi connectivity index (χ1v) is 7.69. The number of methoxy groups -OCH3 is 1. The molecule has 1 aliphatic carbocycles. The summed E-state index contributed by atoms with van der Waals surface area (Å²) in [6.45, 7) is 12.6. The van der Waals surface area contributed by atoms with Crippen molar-refractivity contribution in [2.75, 3.05) is 33.5 Å². The first-order valence-electron chi connectivity index (χ1n) is 7.69. The number of hydrogen-bond donors (Lipinski definition) is 1. The Kier molecular flexibility index (Phi) is 6.78. The van der Waals surface area contributed by atoms with Crippen molar-refractivity contribution in [2.24, 2.45) is 11.3 Å². The molecule has 0 radical (unpaired) electrons. The summed E-state index contributed by atoms with van der Waals surface area (Å²) in [7, 11) is 1.71. The highest BCUT2D eigenvalue weighted by molar-refractivity contribution is 4.93. The molecular formula is C16H33NO2. The van der Waals surface area contributed by atoms with Gasteiger partial charge >= 0.3 is 0 Å². The minimum atomic E-state index is 0.213. The molecule has 1 aliphatic rings. The maximum atomic E-state index is 5.57. The Morgan fingerprint density at radius 3 is 2.26 bits per heavy atom. The van der Waals surface area contributed by atoms with E-state index in [4.69, 9.17) is 9.47 Å². The first kappa shape index (κ1) is 16.9. The molecule has 1 rings (SSSR count). The molecule has 0 aromatic rings. The third-order valence-corrected chi connectivity index (χ3v) is 4.05. The minimum Gasteiger partial charge on any atom is -0.382 e. The quantitative estimate of drug-likeness (QED) is 0.619. The maximum absolute atomic E-state index is 5.57. The van der Waals surface area contributed by atoms with Crippen molar-refractivity contribution in [2.45, 2.75) is 58.9 Å². The zero-order valence-corrected chi connectivity index (χ0v) is 13.6. The fourth-order valence-electron chi connectivity index (χ4n) is 2.51. The second-order valence-corrected chi connectivity index (χ2v) is 7.24. The van der Waals surface area contributed by atoms with Crippen LogP contribution in [0.25, 0.3) is 0 Å². The molecule has 0 heterocycles. The van der Waals surface area contributed by atoms with Gasteiger partial charge in [0.1, 0.15) is 0 Å². The van der Waals surface area contributed by atoms with Crippen LogP contribution in [-0.2, 0) is 9.47 Å². The van der Waals surface area contributed by atoms with E-state index in [2.05, 4.69) is 33.0 Å². The molecule has 0 aromatic heterocycles. The molecule has 1 saturated carbocycles. The van der Waals surface area contributed by atoms with Crippen molar-refractivity contribution >= 4 is 0 Å². The molecule has 1 atom stereocenters. The van der Waals surface area contributed by atoms with Gasteiger partial charge in [0.15, 0.2) is 0 Å². The second kappa shape index (κ2) is 7.61. The predicted molar refractivity (Wildman–Crippen MR) is 80.5 cm³/mol. The van der Waals surface area contributed by atoms with Gasteiger partial charge in [-0.1, -0.05) is 6.92 Å². The molecule has 0 aromatic carbocycles. The van der Waals surface area contributed by atoms with Crippen LogP contribution in [0.1, 0.15) is 53.4 Å². The third-order valence-electron chi connectivity index (χ3n) is 4.05. The number of ether oxygens (including phenoxy) is 2. The molecule has 0 bridgehead atoms. The van der Waals surface area contributed by atoms with Crippen molar-refractivity contribution < 1.29 is 9.47 Å². The molecule has 1 N–H and O–H groups in total. The largest absolute Gasteiger partial charge is 0.382 e. The lowest BCUT2D eigenvalue weighted by Gasteiger charge is -2.34. The van der Waals surface area contributed by atoms with Gasteiger partial charge in [-0.05, 0) is 57.8 Å². The summed E-state index contributed by atoms with van der Waals surface area (Å²) < 4.78 is 10.5. The van der Waals surface area contributed by atoms with Crippen LogP contribution in [0.3, 0.4) is 0 Å². The van der Waals surface area contributed by atoms with E-state index < -0.39 is 0 Å². The van der Waals surface area contributed by atoms with Gasteiger partial charge in [-0.3, -0.25) is 0 Å². The Balaban J connectivity index is 2.23. The van der Waals surface area contributed by atoms with Gasteiger partial charge < -0.3 is 14.8 Å². The van der Waals surface area contributed by atoms with E-state index in [-0.39, 0.29) is 5.54 Å². The summed E-state index contributed by atoms with van der Waals surface area (Å²) in [5.41, 5.74) is 0.656. The van der Waals surface area contributed by atoms with Crippen molar-refractivity contribution in [3.8, 4) is 0 Å². The van der Waals surface area contributed by atoms with Gasteiger partial charge in [-0.15, -0.1) is 0 Å². The van der Waals surface area contributed by atoms with Crippen LogP contribution in [-0.4, -0.2) is 39.0 Å². The molecule has 3 heteroatoms. The molecule has 0 saturated heterocycles. The fraction of sp³-hybridized carbons (Fsp3) is 1.00. The molecule has 114 valence electrons. The number of nitrogens with one attached hydrogen (secondary N) is 1. The van der Waals surface area contributed by atoms with Gasteiger partial charge in [0.2, 0.25) is 0 Å². The Hall–Kier alpha value is -0.120. The molecule has 3 nitrogen and oxygen atoms in total. The van der Waals surface area contributed by atoms with E-state index >= 15 is 0 Å². The third kappa shape index (κ3) is 7.28. The van der Waals surface area contributed by atoms with E-state index in [1.165, 1.54) is 19.3 Å². The molecule has 1 fully saturated rings. The lowest BCUT2D eigenvalue weighted by atomic mass is 9.80. The van der Waals surface area contributed by atoms with Crippen LogP contribution in [0.5, 0.6) is 0 Å². The van der Waals surface area contributed by atoms with E-state index in [1.54, 1.807) is 7.11 Å². The van der Waals surface area contributed by atoms with E-state index in [1.807, 2.05) is 0 Å². The summed E-state index contributed by atoms with van der Waals surface area (Å²) >= 11 is 0. The maximum Gasteiger partial charge on any atom is 0.0700 e. The Bertz CT molecular complexity index is 246. The van der Waals surface area contributed by atoms with Crippen molar-refractivity contribution in [1.29, 1.82) is 0 Å². The number of hydrogen-bond acceptors (Lipinski definition) is 3. The zero-order chi connectivity index (χ0) is 14.4. The monoisotopic (exact) mass is 271 g/mol. The van der Waals surface area contributed by atoms with Gasteiger partial charge in [-0.25, -0.2) is 0 Å². The van der Waals surface area contributed by atoms with Crippen LogP contribution in [0.2, 0.25) is 0 Å². The van der Waals surface area contributed by atoms with Crippen LogP contribution in [0, 0.1) is 11.3 Å². The second-order valence-electron chi connectivity index (χ2n) is 7.24. The molecular weight excluding hydrogens is 238 g/mol. The molecule has 19 heavy (non-hydrogen) atoms. The zero-order valence-electron chi connectivity index (χ0n) is 13.6. The Morgan fingerprint density at radius 1 is 1.05 bits per heavy atom. The molecule has 0 spiro atoms. The lowest BCUT2D eigenvalue weighted by molar-refractivity contribution is 0.0622. The minimum absolute atomic E-state index is 0.213.